The highest BCUT2D eigenvalue weighted by molar-refractivity contribution is 4.72. The van der Waals surface area contributed by atoms with Crippen LogP contribution in [0.4, 0.5) is 0 Å². The Bertz CT molecular complexity index is 92.2. The van der Waals surface area contributed by atoms with Gasteiger partial charge in [0.25, 0.3) is 0 Å². The van der Waals surface area contributed by atoms with Crippen molar-refractivity contribution < 1.29 is 4.84 Å². The third kappa shape index (κ3) is 0.652. The van der Waals surface area contributed by atoms with Crippen molar-refractivity contribution in [3.05, 3.63) is 12.5 Å². The molecule has 1 rings (SSSR count). The van der Waals surface area contributed by atoms with Crippen LogP contribution < -0.4 is 5.84 Å². The fraction of sp³-hybridized carbons (Fsp3) is 0.333. The highest BCUT2D eigenvalue weighted by Crippen LogP contribution is 1.97. The number of hydrogen-bond acceptors (Lipinski definition) is 4. The fourth-order valence-corrected chi connectivity index (χ4v) is 0.318. The van der Waals surface area contributed by atoms with E-state index in [-0.39, 0.29) is 0 Å². The van der Waals surface area contributed by atoms with Crippen molar-refractivity contribution in [2.24, 2.45) is 5.84 Å². The smallest absolute Gasteiger partial charge is 0.133 e. The van der Waals surface area contributed by atoms with Crippen LogP contribution in [0.5, 0.6) is 0 Å². The van der Waals surface area contributed by atoms with Crippen molar-refractivity contribution in [3.8, 4) is 0 Å². The van der Waals surface area contributed by atoms with E-state index >= 15 is 0 Å². The molecular weight excluding hydrogens is 94.1 g/mol. The van der Waals surface area contributed by atoms with Crippen molar-refractivity contribution >= 4 is 0 Å². The van der Waals surface area contributed by atoms with E-state index in [0.717, 1.165) is 5.28 Å². The Morgan fingerprint density at radius 1 is 1.71 bits per heavy atom. The average molecular weight is 101 g/mol. The Morgan fingerprint density at radius 3 is 2.57 bits per heavy atom. The number of nitrogens with zero attached hydrogens (tertiary/aromatic N) is 2. The number of hydrogen-bond donors (Lipinski definition) is 1. The van der Waals surface area contributed by atoms with Crippen molar-refractivity contribution in [1.82, 2.24) is 10.3 Å². The number of hydrazine groups is 2. The van der Waals surface area contributed by atoms with Crippen molar-refractivity contribution in [2.45, 2.75) is 0 Å². The lowest BCUT2D eigenvalue weighted by atomic mass is 10.9. The molecule has 0 fully saturated rings. The molecule has 7 heavy (non-hydrogen) atoms. The predicted molar refractivity (Wildman–Crippen MR) is 24.0 cm³/mol. The second kappa shape index (κ2) is 1.40. The Kier molecular flexibility index (Phi) is 0.883. The van der Waals surface area contributed by atoms with Gasteiger partial charge in [-0.05, 0) is 0 Å². The van der Waals surface area contributed by atoms with Crippen LogP contribution >= 0.6 is 0 Å². The summed E-state index contributed by atoms with van der Waals surface area (Å²) in [5, 5.41) is 2.74. The SMILES string of the molecule is CN1C=CON1N. The largest absolute Gasteiger partial charge is 0.378 e. The van der Waals surface area contributed by atoms with Crippen molar-refractivity contribution in [2.75, 3.05) is 7.05 Å². The highest BCUT2D eigenvalue weighted by atomic mass is 16.7. The molecule has 0 saturated heterocycles. The lowest BCUT2D eigenvalue weighted by Crippen LogP contribution is -2.36. The molecule has 0 unspecified atom stereocenters. The summed E-state index contributed by atoms with van der Waals surface area (Å²) in [7, 11) is 1.78. The van der Waals surface area contributed by atoms with Gasteiger partial charge in [0.05, 0.1) is 6.20 Å². The maximum atomic E-state index is 5.15. The standard InChI is InChI=1S/C3H7N3O/c1-5-2-3-7-6(5)4/h2-3H,4H2,1H3. The number of rotatable bonds is 0. The van der Waals surface area contributed by atoms with Crippen molar-refractivity contribution in [1.29, 1.82) is 0 Å². The molecule has 4 nitrogen and oxygen atoms in total. The molecule has 0 aliphatic carbocycles. The first-order chi connectivity index (χ1) is 3.30. The van der Waals surface area contributed by atoms with E-state index in [0.29, 0.717) is 0 Å². The van der Waals surface area contributed by atoms with Crippen LogP contribution in [-0.4, -0.2) is 17.3 Å². The van der Waals surface area contributed by atoms with Gasteiger partial charge in [0.2, 0.25) is 0 Å². The molecule has 0 aromatic carbocycles. The first kappa shape index (κ1) is 4.42. The van der Waals surface area contributed by atoms with Crippen LogP contribution in [0, 0.1) is 0 Å². The molecule has 1 aliphatic heterocycles. The van der Waals surface area contributed by atoms with Gasteiger partial charge in [0, 0.05) is 12.3 Å². The van der Waals surface area contributed by atoms with Gasteiger partial charge in [-0.2, -0.15) is 0 Å². The van der Waals surface area contributed by atoms with Gasteiger partial charge < -0.3 is 4.84 Å². The van der Waals surface area contributed by atoms with E-state index in [9.17, 15) is 0 Å². The van der Waals surface area contributed by atoms with Gasteiger partial charge >= 0.3 is 0 Å². The minimum atomic E-state index is 1.12. The Balaban J connectivity index is 2.45. The molecule has 0 amide bonds. The van der Waals surface area contributed by atoms with E-state index in [1.165, 1.54) is 6.26 Å². The third-order valence-corrected chi connectivity index (χ3v) is 0.756. The van der Waals surface area contributed by atoms with Crippen LogP contribution in [0.3, 0.4) is 0 Å². The molecule has 0 saturated carbocycles. The summed E-state index contributed by atoms with van der Waals surface area (Å²) in [5.41, 5.74) is 0. The van der Waals surface area contributed by atoms with E-state index in [1.54, 1.807) is 18.3 Å². The van der Waals surface area contributed by atoms with E-state index in [4.69, 9.17) is 5.84 Å². The molecule has 40 valence electrons. The number of nitrogens with two attached hydrogens (primary N) is 1. The van der Waals surface area contributed by atoms with Crippen LogP contribution in [-0.2, 0) is 4.84 Å². The van der Waals surface area contributed by atoms with Crippen LogP contribution in [0.1, 0.15) is 0 Å². The summed E-state index contributed by atoms with van der Waals surface area (Å²) in [4.78, 5) is 4.62. The molecule has 0 atom stereocenters. The summed E-state index contributed by atoms with van der Waals surface area (Å²) in [6.45, 7) is 0. The zero-order valence-electron chi connectivity index (χ0n) is 4.03. The molecule has 1 aliphatic rings. The second-order valence-corrected chi connectivity index (χ2v) is 1.27. The summed E-state index contributed by atoms with van der Waals surface area (Å²) in [5.74, 6) is 5.15. The van der Waals surface area contributed by atoms with Crippen LogP contribution in [0.15, 0.2) is 12.5 Å². The monoisotopic (exact) mass is 101 g/mol. The van der Waals surface area contributed by atoms with Crippen LogP contribution in [0.25, 0.3) is 0 Å². The summed E-state index contributed by atoms with van der Waals surface area (Å²) in [6.07, 6.45) is 3.21. The molecule has 0 radical (unpaired) electrons. The highest BCUT2D eigenvalue weighted by Gasteiger charge is 2.05. The molecule has 0 aromatic rings. The Hall–Kier alpha value is -0.740. The van der Waals surface area contributed by atoms with Gasteiger partial charge in [-0.15, -0.1) is 0 Å². The lowest BCUT2D eigenvalue weighted by Gasteiger charge is -2.14. The molecule has 2 N–H and O–H groups in total. The van der Waals surface area contributed by atoms with Crippen molar-refractivity contribution in [3.63, 3.8) is 0 Å². The molecule has 0 aromatic heterocycles. The van der Waals surface area contributed by atoms with Gasteiger partial charge in [0.1, 0.15) is 6.26 Å². The fourth-order valence-electron chi connectivity index (χ4n) is 0.318. The second-order valence-electron chi connectivity index (χ2n) is 1.27. The van der Waals surface area contributed by atoms with Gasteiger partial charge in [-0.1, -0.05) is 0 Å². The lowest BCUT2D eigenvalue weighted by molar-refractivity contribution is -0.197. The topological polar surface area (TPSA) is 41.7 Å². The molecule has 0 bridgehead atoms. The predicted octanol–water partition coefficient (Wildman–Crippen LogP) is -0.575. The average Bonchev–Trinajstić information content (AvgIpc) is 1.91. The maximum Gasteiger partial charge on any atom is 0.133 e. The Morgan fingerprint density at radius 2 is 2.43 bits per heavy atom. The first-order valence-corrected chi connectivity index (χ1v) is 1.92. The van der Waals surface area contributed by atoms with Gasteiger partial charge in [-0.25, -0.2) is 5.84 Å². The molecule has 0 spiro atoms. The summed E-state index contributed by atoms with van der Waals surface area (Å²) >= 11 is 0. The van der Waals surface area contributed by atoms with Crippen LogP contribution in [0.2, 0.25) is 0 Å². The summed E-state index contributed by atoms with van der Waals surface area (Å²) < 4.78 is 0. The maximum absolute atomic E-state index is 5.15. The zero-order chi connectivity index (χ0) is 5.28. The van der Waals surface area contributed by atoms with E-state index in [1.807, 2.05) is 0 Å². The molecule has 1 heterocycles. The quantitative estimate of drug-likeness (QED) is 0.415. The normalized spacial score (nSPS) is 20.6. The molecule has 4 heteroatoms. The zero-order valence-corrected chi connectivity index (χ0v) is 4.03. The summed E-state index contributed by atoms with van der Waals surface area (Å²) in [6, 6.07) is 0. The van der Waals surface area contributed by atoms with E-state index < -0.39 is 0 Å². The minimum Gasteiger partial charge on any atom is -0.378 e. The van der Waals surface area contributed by atoms with E-state index in [2.05, 4.69) is 4.84 Å². The Labute approximate surface area is 41.6 Å². The van der Waals surface area contributed by atoms with Gasteiger partial charge in [0.15, 0.2) is 0 Å². The minimum absolute atomic E-state index is 1.12. The van der Waals surface area contributed by atoms with Gasteiger partial charge in [-0.3, -0.25) is 5.01 Å². The molecular formula is C3H7N3O. The third-order valence-electron chi connectivity index (χ3n) is 0.756. The first-order valence-electron chi connectivity index (χ1n) is 1.92.